The van der Waals surface area contributed by atoms with Gasteiger partial charge in [-0.3, -0.25) is 4.79 Å². The first-order valence-electron chi connectivity index (χ1n) is 7.37. The molecule has 0 unspecified atom stereocenters. The Hall–Kier alpha value is -3.02. The van der Waals surface area contributed by atoms with Crippen LogP contribution >= 0.6 is 0 Å². The van der Waals surface area contributed by atoms with Crippen molar-refractivity contribution in [2.75, 3.05) is 7.11 Å². The van der Waals surface area contributed by atoms with E-state index in [-0.39, 0.29) is 11.3 Å². The molecule has 0 atom stereocenters. The second-order valence-corrected chi connectivity index (χ2v) is 5.19. The molecule has 0 saturated heterocycles. The second kappa shape index (κ2) is 8.19. The highest BCUT2D eigenvalue weighted by Crippen LogP contribution is 2.23. The van der Waals surface area contributed by atoms with Crippen LogP contribution in [-0.2, 0) is 4.74 Å². The van der Waals surface area contributed by atoms with Crippen LogP contribution in [0, 0.1) is 6.92 Å². The van der Waals surface area contributed by atoms with Crippen molar-refractivity contribution in [2.24, 2.45) is 0 Å². The lowest BCUT2D eigenvalue weighted by Gasteiger charge is -2.09. The highest BCUT2D eigenvalue weighted by molar-refractivity contribution is 6.08. The van der Waals surface area contributed by atoms with Gasteiger partial charge in [-0.25, -0.2) is 4.79 Å². The molecule has 0 radical (unpaired) electrons. The summed E-state index contributed by atoms with van der Waals surface area (Å²) in [4.78, 5) is 23.7. The van der Waals surface area contributed by atoms with Crippen molar-refractivity contribution in [2.45, 2.75) is 13.5 Å². The number of hydrogen-bond acceptors (Lipinski definition) is 4. The summed E-state index contributed by atoms with van der Waals surface area (Å²) in [6.45, 7) is -1.26. The van der Waals surface area contributed by atoms with Crippen LogP contribution in [0.25, 0.3) is 6.08 Å². The molecule has 0 bridgehead atoms. The number of halogens is 2. The molecule has 0 aliphatic heterocycles. The molecule has 0 saturated carbocycles. The van der Waals surface area contributed by atoms with Gasteiger partial charge >= 0.3 is 12.6 Å². The van der Waals surface area contributed by atoms with Crippen LogP contribution in [0.15, 0.2) is 48.5 Å². The van der Waals surface area contributed by atoms with Crippen LogP contribution < -0.4 is 4.74 Å². The number of hydrogen-bond donors (Lipinski definition) is 0. The van der Waals surface area contributed by atoms with E-state index in [1.54, 1.807) is 37.3 Å². The number of methoxy groups -OCH3 is 1. The zero-order valence-electron chi connectivity index (χ0n) is 13.7. The van der Waals surface area contributed by atoms with Crippen LogP contribution in [0.3, 0.4) is 0 Å². The van der Waals surface area contributed by atoms with E-state index in [1.807, 2.05) is 0 Å². The molecule has 0 aliphatic carbocycles. The lowest BCUT2D eigenvalue weighted by atomic mass is 10.0. The van der Waals surface area contributed by atoms with Crippen LogP contribution in [-0.4, -0.2) is 25.5 Å². The van der Waals surface area contributed by atoms with Gasteiger partial charge in [0.25, 0.3) is 0 Å². The minimum atomic E-state index is -3.01. The minimum absolute atomic E-state index is 0.0581. The maximum Gasteiger partial charge on any atom is 0.387 e. The van der Waals surface area contributed by atoms with Crippen LogP contribution in [0.4, 0.5) is 8.78 Å². The highest BCUT2D eigenvalue weighted by atomic mass is 19.3. The Balaban J connectivity index is 2.20. The fraction of sp³-hybridized carbons (Fsp3) is 0.158. The number of allylic oxidation sites excluding steroid dienone is 1. The number of benzene rings is 2. The molecule has 0 spiro atoms. The summed E-state index contributed by atoms with van der Waals surface area (Å²) in [5.74, 6) is -1.09. The molecule has 6 heteroatoms. The number of aryl methyl sites for hydroxylation is 1. The standard InChI is InChI=1S/C19H16F2O4/c1-12-3-10-17(25-19(20)21)15(11-12)16(22)9-6-13-4-7-14(8-5-13)18(23)24-2/h3-11,19H,1-2H3/b9-6+. The van der Waals surface area contributed by atoms with E-state index in [0.717, 1.165) is 5.56 Å². The molecule has 0 amide bonds. The van der Waals surface area contributed by atoms with Gasteiger partial charge in [-0.15, -0.1) is 0 Å². The average Bonchev–Trinajstić information content (AvgIpc) is 2.60. The third-order valence-corrected chi connectivity index (χ3v) is 3.38. The molecule has 2 aromatic rings. The van der Waals surface area contributed by atoms with E-state index in [9.17, 15) is 18.4 Å². The SMILES string of the molecule is COC(=O)c1ccc(/C=C/C(=O)c2cc(C)ccc2OC(F)F)cc1. The first-order chi connectivity index (χ1) is 11.9. The number of rotatable bonds is 6. The summed E-state index contributed by atoms with van der Waals surface area (Å²) < 4.78 is 33.9. The Kier molecular flexibility index (Phi) is 6.00. The minimum Gasteiger partial charge on any atom is -0.465 e. The molecule has 0 fully saturated rings. The predicted molar refractivity (Wildman–Crippen MR) is 89.0 cm³/mol. The first kappa shape index (κ1) is 18.3. The normalized spacial score (nSPS) is 10.9. The lowest BCUT2D eigenvalue weighted by molar-refractivity contribution is -0.0501. The molecule has 0 aliphatic rings. The Morgan fingerprint density at radius 3 is 2.36 bits per heavy atom. The van der Waals surface area contributed by atoms with E-state index in [0.29, 0.717) is 11.1 Å². The Bertz CT molecular complexity index is 796. The Labute approximate surface area is 143 Å². The average molecular weight is 346 g/mol. The van der Waals surface area contributed by atoms with Gasteiger partial charge in [0.15, 0.2) is 5.78 Å². The molecule has 2 aromatic carbocycles. The molecule has 2 rings (SSSR count). The molecule has 0 heterocycles. The fourth-order valence-corrected chi connectivity index (χ4v) is 2.14. The van der Waals surface area contributed by atoms with Crippen molar-refractivity contribution >= 4 is 17.8 Å². The first-order valence-corrected chi connectivity index (χ1v) is 7.37. The van der Waals surface area contributed by atoms with Crippen molar-refractivity contribution in [3.63, 3.8) is 0 Å². The van der Waals surface area contributed by atoms with Gasteiger partial charge < -0.3 is 9.47 Å². The Morgan fingerprint density at radius 2 is 1.76 bits per heavy atom. The third-order valence-electron chi connectivity index (χ3n) is 3.38. The quantitative estimate of drug-likeness (QED) is 0.445. The molecule has 0 N–H and O–H groups in total. The van der Waals surface area contributed by atoms with Gasteiger partial charge in [0.1, 0.15) is 5.75 Å². The van der Waals surface area contributed by atoms with Crippen molar-refractivity contribution in [1.29, 1.82) is 0 Å². The smallest absolute Gasteiger partial charge is 0.387 e. The topological polar surface area (TPSA) is 52.6 Å². The number of carbonyl (C=O) groups is 2. The number of alkyl halides is 2. The summed E-state index contributed by atoms with van der Waals surface area (Å²) in [6.07, 6.45) is 2.79. The number of ether oxygens (including phenoxy) is 2. The summed E-state index contributed by atoms with van der Waals surface area (Å²) in [5, 5.41) is 0. The van der Waals surface area contributed by atoms with Gasteiger partial charge in [-0.2, -0.15) is 8.78 Å². The van der Waals surface area contributed by atoms with Crippen molar-refractivity contribution in [3.05, 3.63) is 70.8 Å². The molecule has 130 valence electrons. The third kappa shape index (κ3) is 4.97. The van der Waals surface area contributed by atoms with Crippen LogP contribution in [0.2, 0.25) is 0 Å². The molecular formula is C19H16F2O4. The molecule has 25 heavy (non-hydrogen) atoms. The number of ketones is 1. The predicted octanol–water partition coefficient (Wildman–Crippen LogP) is 4.28. The maximum absolute atomic E-state index is 12.5. The van der Waals surface area contributed by atoms with Crippen molar-refractivity contribution in [1.82, 2.24) is 0 Å². The fourth-order valence-electron chi connectivity index (χ4n) is 2.14. The van der Waals surface area contributed by atoms with Crippen LogP contribution in [0.5, 0.6) is 5.75 Å². The van der Waals surface area contributed by atoms with E-state index in [2.05, 4.69) is 9.47 Å². The summed E-state index contributed by atoms with van der Waals surface area (Å²) >= 11 is 0. The second-order valence-electron chi connectivity index (χ2n) is 5.19. The molecular weight excluding hydrogens is 330 g/mol. The van der Waals surface area contributed by atoms with Crippen molar-refractivity contribution < 1.29 is 27.8 Å². The van der Waals surface area contributed by atoms with E-state index >= 15 is 0 Å². The van der Waals surface area contributed by atoms with Gasteiger partial charge in [0.05, 0.1) is 18.2 Å². The Morgan fingerprint density at radius 1 is 1.08 bits per heavy atom. The van der Waals surface area contributed by atoms with Gasteiger partial charge in [0.2, 0.25) is 0 Å². The zero-order chi connectivity index (χ0) is 18.4. The van der Waals surface area contributed by atoms with Crippen LogP contribution in [0.1, 0.15) is 31.8 Å². The van der Waals surface area contributed by atoms with Gasteiger partial charge in [-0.1, -0.05) is 29.8 Å². The number of carbonyl (C=O) groups excluding carboxylic acids is 2. The molecule has 4 nitrogen and oxygen atoms in total. The van der Waals surface area contributed by atoms with Gasteiger partial charge in [-0.05, 0) is 42.8 Å². The summed E-state index contributed by atoms with van der Waals surface area (Å²) in [5.41, 5.74) is 1.87. The monoisotopic (exact) mass is 346 g/mol. The van der Waals surface area contributed by atoms with Crippen molar-refractivity contribution in [3.8, 4) is 5.75 Å². The van der Waals surface area contributed by atoms with E-state index in [1.165, 1.54) is 31.4 Å². The van der Waals surface area contributed by atoms with E-state index < -0.39 is 18.4 Å². The highest BCUT2D eigenvalue weighted by Gasteiger charge is 2.14. The lowest BCUT2D eigenvalue weighted by Crippen LogP contribution is -2.07. The summed E-state index contributed by atoms with van der Waals surface area (Å²) in [6, 6.07) is 10.8. The largest absolute Gasteiger partial charge is 0.465 e. The number of esters is 1. The summed E-state index contributed by atoms with van der Waals surface area (Å²) in [7, 11) is 1.29. The molecule has 0 aromatic heterocycles. The maximum atomic E-state index is 12.5. The van der Waals surface area contributed by atoms with Gasteiger partial charge in [0, 0.05) is 0 Å². The zero-order valence-corrected chi connectivity index (χ0v) is 13.7. The van der Waals surface area contributed by atoms with E-state index in [4.69, 9.17) is 0 Å².